The third-order valence-electron chi connectivity index (χ3n) is 5.27. The maximum absolute atomic E-state index is 12.7. The van der Waals surface area contributed by atoms with E-state index in [4.69, 9.17) is 9.47 Å². The molecule has 0 bridgehead atoms. The summed E-state index contributed by atoms with van der Waals surface area (Å²) in [5.74, 6) is 1.29. The van der Waals surface area contributed by atoms with Crippen LogP contribution in [0.5, 0.6) is 11.5 Å². The summed E-state index contributed by atoms with van der Waals surface area (Å²) in [5, 5.41) is 0. The van der Waals surface area contributed by atoms with Crippen LogP contribution in [-0.2, 0) is 21.2 Å². The molecule has 7 nitrogen and oxygen atoms in total. The number of hydrogen-bond donors (Lipinski definition) is 1. The number of aryl methyl sites for hydroxylation is 1. The minimum absolute atomic E-state index is 0.00477. The second-order valence-corrected chi connectivity index (χ2v) is 9.20. The van der Waals surface area contributed by atoms with E-state index in [9.17, 15) is 13.2 Å². The van der Waals surface area contributed by atoms with Gasteiger partial charge in [-0.2, -0.15) is 0 Å². The summed E-state index contributed by atoms with van der Waals surface area (Å²) >= 11 is 0. The lowest BCUT2D eigenvalue weighted by Crippen LogP contribution is -2.46. The Balaban J connectivity index is 1.56. The van der Waals surface area contributed by atoms with Crippen molar-refractivity contribution < 1.29 is 22.7 Å². The number of rotatable bonds is 7. The minimum Gasteiger partial charge on any atom is -0.497 e. The van der Waals surface area contributed by atoms with Gasteiger partial charge in [0.05, 0.1) is 25.5 Å². The van der Waals surface area contributed by atoms with Gasteiger partial charge in [-0.25, -0.2) is 13.1 Å². The number of nitrogens with one attached hydrogen (secondary N) is 1. The quantitative estimate of drug-likeness (QED) is 0.727. The van der Waals surface area contributed by atoms with Crippen molar-refractivity contribution in [1.82, 2.24) is 9.62 Å². The van der Waals surface area contributed by atoms with Gasteiger partial charge in [0.25, 0.3) is 0 Å². The van der Waals surface area contributed by atoms with Gasteiger partial charge < -0.3 is 14.4 Å². The van der Waals surface area contributed by atoms with E-state index in [1.165, 1.54) is 0 Å². The Morgan fingerprint density at radius 1 is 1.03 bits per heavy atom. The highest BCUT2D eigenvalue weighted by molar-refractivity contribution is 7.89. The number of piperidine rings is 1. The molecule has 1 saturated heterocycles. The number of likely N-dealkylation sites (tertiary alicyclic amines) is 1. The van der Waals surface area contributed by atoms with Gasteiger partial charge in [-0.05, 0) is 49.6 Å². The van der Waals surface area contributed by atoms with E-state index in [0.29, 0.717) is 37.4 Å². The zero-order valence-corrected chi connectivity index (χ0v) is 18.4. The third kappa shape index (κ3) is 5.52. The van der Waals surface area contributed by atoms with E-state index in [1.54, 1.807) is 49.5 Å². The molecule has 1 aliphatic heterocycles. The number of benzene rings is 2. The Morgan fingerprint density at radius 3 is 2.13 bits per heavy atom. The summed E-state index contributed by atoms with van der Waals surface area (Å²) < 4.78 is 38.4. The van der Waals surface area contributed by atoms with E-state index in [-0.39, 0.29) is 23.3 Å². The highest BCUT2D eigenvalue weighted by Crippen LogP contribution is 2.24. The second kappa shape index (κ2) is 9.49. The zero-order chi connectivity index (χ0) is 21.7. The first-order valence-electron chi connectivity index (χ1n) is 9.89. The molecule has 1 amide bonds. The van der Waals surface area contributed by atoms with Gasteiger partial charge in [0.15, 0.2) is 0 Å². The molecule has 1 aliphatic rings. The Kier molecular flexibility index (Phi) is 6.99. The van der Waals surface area contributed by atoms with Crippen LogP contribution in [0.4, 0.5) is 0 Å². The van der Waals surface area contributed by atoms with Crippen molar-refractivity contribution in [3.8, 4) is 11.5 Å². The number of carbonyl (C=O) groups excluding carboxylic acids is 1. The fourth-order valence-electron chi connectivity index (χ4n) is 3.51. The van der Waals surface area contributed by atoms with Crippen molar-refractivity contribution >= 4 is 15.9 Å². The smallest absolute Gasteiger partial charge is 0.240 e. The van der Waals surface area contributed by atoms with Gasteiger partial charge in [-0.1, -0.05) is 17.7 Å². The average Bonchev–Trinajstić information content (AvgIpc) is 2.74. The lowest BCUT2D eigenvalue weighted by atomic mass is 10.0. The summed E-state index contributed by atoms with van der Waals surface area (Å²) in [6.07, 6.45) is 1.41. The van der Waals surface area contributed by atoms with Crippen LogP contribution < -0.4 is 14.2 Å². The summed E-state index contributed by atoms with van der Waals surface area (Å²) in [4.78, 5) is 14.8. The molecule has 162 valence electrons. The molecule has 0 unspecified atom stereocenters. The van der Waals surface area contributed by atoms with Crippen molar-refractivity contribution in [1.29, 1.82) is 0 Å². The number of nitrogens with zero attached hydrogens (tertiary/aromatic N) is 1. The molecule has 1 N–H and O–H groups in total. The number of methoxy groups -OCH3 is 2. The molecule has 0 spiro atoms. The van der Waals surface area contributed by atoms with Crippen molar-refractivity contribution in [2.24, 2.45) is 0 Å². The Bertz CT molecular complexity index is 959. The molecule has 0 radical (unpaired) electrons. The predicted molar refractivity (Wildman–Crippen MR) is 114 cm³/mol. The Labute approximate surface area is 178 Å². The molecule has 1 heterocycles. The number of amides is 1. The molecule has 8 heteroatoms. The van der Waals surface area contributed by atoms with Crippen LogP contribution in [0.2, 0.25) is 0 Å². The summed E-state index contributed by atoms with van der Waals surface area (Å²) in [5.41, 5.74) is 1.83. The number of sulfonamides is 1. The molecule has 0 atom stereocenters. The van der Waals surface area contributed by atoms with Gasteiger partial charge >= 0.3 is 0 Å². The maximum Gasteiger partial charge on any atom is 0.240 e. The van der Waals surface area contributed by atoms with Gasteiger partial charge in [-0.3, -0.25) is 4.79 Å². The Morgan fingerprint density at radius 2 is 1.60 bits per heavy atom. The molecule has 0 aliphatic carbocycles. The SMILES string of the molecule is COc1cc(CC(=O)N2CCC(NS(=O)(=O)c3ccc(C)cc3)CC2)cc(OC)c1. The number of hydrogen-bond acceptors (Lipinski definition) is 5. The van der Waals surface area contributed by atoms with Gasteiger partial charge in [0.1, 0.15) is 11.5 Å². The number of ether oxygens (including phenoxy) is 2. The summed E-state index contributed by atoms with van der Waals surface area (Å²) in [6.45, 7) is 2.94. The molecule has 1 fully saturated rings. The highest BCUT2D eigenvalue weighted by Gasteiger charge is 2.26. The van der Waals surface area contributed by atoms with Crippen LogP contribution in [0.15, 0.2) is 47.4 Å². The standard InChI is InChI=1S/C22H28N2O5S/c1-16-4-6-21(7-5-16)30(26,27)23-18-8-10-24(11-9-18)22(25)14-17-12-19(28-2)15-20(13-17)29-3/h4-7,12-13,15,18,23H,8-11,14H2,1-3H3. The summed E-state index contributed by atoms with van der Waals surface area (Å²) in [7, 11) is -0.415. The van der Waals surface area contributed by atoms with Crippen LogP contribution in [0, 0.1) is 6.92 Å². The number of carbonyl (C=O) groups is 1. The topological polar surface area (TPSA) is 84.9 Å². The predicted octanol–water partition coefficient (Wildman–Crippen LogP) is 2.52. The van der Waals surface area contributed by atoms with Crippen LogP contribution in [0.3, 0.4) is 0 Å². The van der Waals surface area contributed by atoms with Crippen LogP contribution in [0.25, 0.3) is 0 Å². The molecule has 0 aromatic heterocycles. The zero-order valence-electron chi connectivity index (χ0n) is 17.6. The van der Waals surface area contributed by atoms with Crippen LogP contribution in [-0.4, -0.2) is 52.6 Å². The summed E-state index contributed by atoms with van der Waals surface area (Å²) in [6, 6.07) is 12.0. The van der Waals surface area contributed by atoms with E-state index in [1.807, 2.05) is 19.1 Å². The fraction of sp³-hybridized carbons (Fsp3) is 0.409. The molecule has 3 rings (SSSR count). The van der Waals surface area contributed by atoms with E-state index in [2.05, 4.69) is 4.72 Å². The monoisotopic (exact) mass is 432 g/mol. The van der Waals surface area contributed by atoms with Crippen molar-refractivity contribution in [3.05, 3.63) is 53.6 Å². The maximum atomic E-state index is 12.7. The normalized spacial score (nSPS) is 15.1. The fourth-order valence-corrected chi connectivity index (χ4v) is 4.81. The minimum atomic E-state index is -3.56. The molecule has 2 aromatic carbocycles. The van der Waals surface area contributed by atoms with Crippen molar-refractivity contribution in [2.75, 3.05) is 27.3 Å². The van der Waals surface area contributed by atoms with Gasteiger partial charge in [0, 0.05) is 25.2 Å². The first-order valence-corrected chi connectivity index (χ1v) is 11.4. The van der Waals surface area contributed by atoms with E-state index in [0.717, 1.165) is 11.1 Å². The average molecular weight is 433 g/mol. The van der Waals surface area contributed by atoms with Crippen LogP contribution in [0.1, 0.15) is 24.0 Å². The third-order valence-corrected chi connectivity index (χ3v) is 6.80. The lowest BCUT2D eigenvalue weighted by molar-refractivity contribution is -0.131. The molecular weight excluding hydrogens is 404 g/mol. The first-order chi connectivity index (χ1) is 14.3. The molecule has 30 heavy (non-hydrogen) atoms. The van der Waals surface area contributed by atoms with Crippen LogP contribution >= 0.6 is 0 Å². The largest absolute Gasteiger partial charge is 0.497 e. The van der Waals surface area contributed by atoms with Gasteiger partial charge in [-0.15, -0.1) is 0 Å². The van der Waals surface area contributed by atoms with E-state index >= 15 is 0 Å². The van der Waals surface area contributed by atoms with Crippen molar-refractivity contribution in [2.45, 2.75) is 37.1 Å². The second-order valence-electron chi connectivity index (χ2n) is 7.49. The first kappa shape index (κ1) is 22.1. The van der Waals surface area contributed by atoms with Gasteiger partial charge in [0.2, 0.25) is 15.9 Å². The lowest BCUT2D eigenvalue weighted by Gasteiger charge is -2.32. The molecule has 2 aromatic rings. The highest BCUT2D eigenvalue weighted by atomic mass is 32.2. The van der Waals surface area contributed by atoms with Crippen molar-refractivity contribution in [3.63, 3.8) is 0 Å². The molecule has 0 saturated carbocycles. The Hall–Kier alpha value is -2.58. The van der Waals surface area contributed by atoms with E-state index < -0.39 is 10.0 Å². The molecular formula is C22H28N2O5S.